The first kappa shape index (κ1) is 11.4. The van der Waals surface area contributed by atoms with E-state index in [1.54, 1.807) is 4.68 Å². The topological polar surface area (TPSA) is 63.6 Å². The minimum Gasteiger partial charge on any atom is -0.310 e. The highest BCUT2D eigenvalue weighted by Crippen LogP contribution is 2.30. The van der Waals surface area contributed by atoms with Gasteiger partial charge in [-0.1, -0.05) is 19.3 Å². The van der Waals surface area contributed by atoms with Crippen LogP contribution in [0.5, 0.6) is 0 Å². The smallest absolute Gasteiger partial charge is 0.262 e. The summed E-state index contributed by atoms with van der Waals surface area (Å²) >= 11 is 0. The number of nitrogens with one attached hydrogen (secondary N) is 1. The van der Waals surface area contributed by atoms with E-state index in [4.69, 9.17) is 0 Å². The SMILES string of the molecule is Cc1nn(C)c2nc(C3CCCCC3)[nH]c(=O)c12. The van der Waals surface area contributed by atoms with Crippen LogP contribution in [-0.2, 0) is 7.05 Å². The Labute approximate surface area is 105 Å². The molecule has 0 saturated heterocycles. The Bertz CT molecular complexity index is 634. The second kappa shape index (κ2) is 4.23. The molecule has 3 rings (SSSR count). The molecule has 2 aromatic rings. The predicted molar refractivity (Wildman–Crippen MR) is 69.7 cm³/mol. The Morgan fingerprint density at radius 3 is 2.72 bits per heavy atom. The second-order valence-electron chi connectivity index (χ2n) is 5.19. The first-order chi connectivity index (χ1) is 8.66. The van der Waals surface area contributed by atoms with Gasteiger partial charge in [-0.2, -0.15) is 5.10 Å². The van der Waals surface area contributed by atoms with Crippen LogP contribution in [0.2, 0.25) is 0 Å². The number of fused-ring (bicyclic) bond motifs is 1. The Kier molecular flexibility index (Phi) is 2.69. The average Bonchev–Trinajstić information content (AvgIpc) is 2.66. The Morgan fingerprint density at radius 2 is 2.00 bits per heavy atom. The quantitative estimate of drug-likeness (QED) is 0.837. The zero-order valence-electron chi connectivity index (χ0n) is 10.9. The molecular weight excluding hydrogens is 228 g/mol. The molecule has 0 radical (unpaired) electrons. The van der Waals surface area contributed by atoms with Crippen LogP contribution in [0.3, 0.4) is 0 Å². The summed E-state index contributed by atoms with van der Waals surface area (Å²) < 4.78 is 1.70. The fraction of sp³-hybridized carbons (Fsp3) is 0.615. The van der Waals surface area contributed by atoms with Gasteiger partial charge >= 0.3 is 0 Å². The molecule has 1 saturated carbocycles. The maximum absolute atomic E-state index is 12.1. The summed E-state index contributed by atoms with van der Waals surface area (Å²) in [6.45, 7) is 1.85. The Morgan fingerprint density at radius 1 is 1.28 bits per heavy atom. The molecule has 5 nitrogen and oxygen atoms in total. The number of aromatic amines is 1. The molecule has 1 aliphatic carbocycles. The highest BCUT2D eigenvalue weighted by Gasteiger charge is 2.20. The van der Waals surface area contributed by atoms with E-state index >= 15 is 0 Å². The van der Waals surface area contributed by atoms with Crippen molar-refractivity contribution in [3.05, 3.63) is 21.9 Å². The van der Waals surface area contributed by atoms with Crippen molar-refractivity contribution >= 4 is 11.0 Å². The number of rotatable bonds is 1. The average molecular weight is 246 g/mol. The standard InChI is InChI=1S/C13H18N4O/c1-8-10-12(17(2)16-8)14-11(15-13(10)18)9-6-4-3-5-7-9/h9H,3-7H2,1-2H3,(H,14,15,18). The van der Waals surface area contributed by atoms with Gasteiger partial charge in [-0.3, -0.25) is 4.79 Å². The molecule has 0 aromatic carbocycles. The molecule has 2 heterocycles. The van der Waals surface area contributed by atoms with Crippen LogP contribution >= 0.6 is 0 Å². The molecule has 0 aliphatic heterocycles. The molecule has 0 amide bonds. The van der Waals surface area contributed by atoms with Gasteiger partial charge in [-0.05, 0) is 19.8 Å². The third-order valence-corrected chi connectivity index (χ3v) is 3.88. The van der Waals surface area contributed by atoms with Crippen molar-refractivity contribution in [2.75, 3.05) is 0 Å². The van der Waals surface area contributed by atoms with Crippen LogP contribution in [-0.4, -0.2) is 19.7 Å². The van der Waals surface area contributed by atoms with Gasteiger partial charge < -0.3 is 4.98 Å². The normalized spacial score (nSPS) is 17.4. The molecule has 1 N–H and O–H groups in total. The third kappa shape index (κ3) is 1.74. The Hall–Kier alpha value is -1.65. The van der Waals surface area contributed by atoms with Gasteiger partial charge in [0, 0.05) is 13.0 Å². The van der Waals surface area contributed by atoms with Crippen molar-refractivity contribution in [3.8, 4) is 0 Å². The Balaban J connectivity index is 2.14. The minimum absolute atomic E-state index is 0.0498. The summed E-state index contributed by atoms with van der Waals surface area (Å²) in [7, 11) is 1.84. The fourth-order valence-electron chi connectivity index (χ4n) is 2.93. The maximum Gasteiger partial charge on any atom is 0.262 e. The van der Waals surface area contributed by atoms with Gasteiger partial charge in [0.15, 0.2) is 5.65 Å². The van der Waals surface area contributed by atoms with Gasteiger partial charge in [-0.15, -0.1) is 0 Å². The fourth-order valence-corrected chi connectivity index (χ4v) is 2.93. The summed E-state index contributed by atoms with van der Waals surface area (Å²) in [6.07, 6.45) is 6.03. The summed E-state index contributed by atoms with van der Waals surface area (Å²) in [6, 6.07) is 0. The monoisotopic (exact) mass is 246 g/mol. The first-order valence-electron chi connectivity index (χ1n) is 6.60. The molecule has 5 heteroatoms. The molecule has 1 aliphatic rings. The van der Waals surface area contributed by atoms with Crippen molar-refractivity contribution in [2.24, 2.45) is 7.05 Å². The summed E-state index contributed by atoms with van der Waals surface area (Å²) in [5.74, 6) is 1.25. The number of nitrogens with zero attached hydrogens (tertiary/aromatic N) is 3. The van der Waals surface area contributed by atoms with Gasteiger partial charge in [0.2, 0.25) is 0 Å². The van der Waals surface area contributed by atoms with E-state index in [-0.39, 0.29) is 5.56 Å². The highest BCUT2D eigenvalue weighted by atomic mass is 16.1. The largest absolute Gasteiger partial charge is 0.310 e. The molecule has 0 bridgehead atoms. The molecule has 0 atom stereocenters. The van der Waals surface area contributed by atoms with Crippen molar-refractivity contribution in [2.45, 2.75) is 44.9 Å². The lowest BCUT2D eigenvalue weighted by atomic mass is 9.89. The van der Waals surface area contributed by atoms with Crippen molar-refractivity contribution in [3.63, 3.8) is 0 Å². The first-order valence-corrected chi connectivity index (χ1v) is 6.60. The lowest BCUT2D eigenvalue weighted by Crippen LogP contribution is -2.17. The predicted octanol–water partition coefficient (Wildman–Crippen LogP) is 2.01. The van der Waals surface area contributed by atoms with Crippen LogP contribution in [0, 0.1) is 6.92 Å². The minimum atomic E-state index is -0.0498. The summed E-state index contributed by atoms with van der Waals surface area (Å²) in [5, 5.41) is 4.89. The van der Waals surface area contributed by atoms with Gasteiger partial charge in [0.05, 0.1) is 5.69 Å². The summed E-state index contributed by atoms with van der Waals surface area (Å²) in [5.41, 5.74) is 1.40. The van der Waals surface area contributed by atoms with Gasteiger partial charge in [0.1, 0.15) is 11.2 Å². The molecule has 96 valence electrons. The zero-order valence-corrected chi connectivity index (χ0v) is 10.9. The number of aromatic nitrogens is 4. The lowest BCUT2D eigenvalue weighted by molar-refractivity contribution is 0.428. The third-order valence-electron chi connectivity index (χ3n) is 3.88. The molecule has 2 aromatic heterocycles. The molecule has 0 unspecified atom stereocenters. The van der Waals surface area contributed by atoms with E-state index in [2.05, 4.69) is 15.1 Å². The number of H-pyrrole nitrogens is 1. The van der Waals surface area contributed by atoms with Crippen LogP contribution in [0.1, 0.15) is 49.5 Å². The lowest BCUT2D eigenvalue weighted by Gasteiger charge is -2.20. The number of hydrogen-bond acceptors (Lipinski definition) is 3. The summed E-state index contributed by atoms with van der Waals surface area (Å²) in [4.78, 5) is 19.7. The van der Waals surface area contributed by atoms with E-state index in [0.717, 1.165) is 24.4 Å². The van der Waals surface area contributed by atoms with Gasteiger partial charge in [-0.25, -0.2) is 9.67 Å². The van der Waals surface area contributed by atoms with Gasteiger partial charge in [0.25, 0.3) is 5.56 Å². The van der Waals surface area contributed by atoms with E-state index in [1.165, 1.54) is 19.3 Å². The second-order valence-corrected chi connectivity index (χ2v) is 5.19. The number of hydrogen-bond donors (Lipinski definition) is 1. The van der Waals surface area contributed by atoms with E-state index in [9.17, 15) is 4.79 Å². The van der Waals surface area contributed by atoms with E-state index in [1.807, 2.05) is 14.0 Å². The highest BCUT2D eigenvalue weighted by molar-refractivity contribution is 5.76. The molecular formula is C13H18N4O. The van der Waals surface area contributed by atoms with E-state index < -0.39 is 0 Å². The van der Waals surface area contributed by atoms with Crippen LogP contribution in [0.4, 0.5) is 0 Å². The van der Waals surface area contributed by atoms with E-state index in [0.29, 0.717) is 17.0 Å². The molecule has 1 fully saturated rings. The number of aryl methyl sites for hydroxylation is 2. The van der Waals surface area contributed by atoms with Crippen molar-refractivity contribution in [1.82, 2.24) is 19.7 Å². The molecule has 0 spiro atoms. The van der Waals surface area contributed by atoms with Crippen molar-refractivity contribution < 1.29 is 0 Å². The molecule has 18 heavy (non-hydrogen) atoms. The van der Waals surface area contributed by atoms with Crippen LogP contribution < -0.4 is 5.56 Å². The van der Waals surface area contributed by atoms with Crippen LogP contribution in [0.25, 0.3) is 11.0 Å². The zero-order chi connectivity index (χ0) is 12.7. The van der Waals surface area contributed by atoms with Crippen molar-refractivity contribution in [1.29, 1.82) is 0 Å². The van der Waals surface area contributed by atoms with Crippen LogP contribution in [0.15, 0.2) is 4.79 Å². The maximum atomic E-state index is 12.1.